The van der Waals surface area contributed by atoms with Crippen molar-refractivity contribution >= 4 is 40.2 Å². The first-order valence-electron chi connectivity index (χ1n) is 13.2. The van der Waals surface area contributed by atoms with E-state index in [-0.39, 0.29) is 5.91 Å². The highest BCUT2D eigenvalue weighted by molar-refractivity contribution is 7.99. The lowest BCUT2D eigenvalue weighted by molar-refractivity contribution is 0.0950. The number of nitrogens with one attached hydrogen (secondary N) is 2. The van der Waals surface area contributed by atoms with Crippen LogP contribution in [0.3, 0.4) is 0 Å². The number of nitrogens with zero attached hydrogens (tertiary/aromatic N) is 3. The second-order valence-corrected chi connectivity index (χ2v) is 12.9. The normalized spacial score (nSPS) is 19.4. The van der Waals surface area contributed by atoms with Gasteiger partial charge >= 0.3 is 0 Å². The third kappa shape index (κ3) is 5.70. The van der Waals surface area contributed by atoms with Crippen LogP contribution in [0.5, 0.6) is 0 Å². The number of hydrogen-bond acceptors (Lipinski definition) is 6. The maximum absolute atomic E-state index is 12.6. The molecule has 0 bridgehead atoms. The van der Waals surface area contributed by atoms with E-state index in [1.165, 1.54) is 0 Å². The molecule has 2 fully saturated rings. The van der Waals surface area contributed by atoms with Crippen molar-refractivity contribution in [2.45, 2.75) is 48.6 Å². The largest absolute Gasteiger partial charge is 0.616 e. The highest BCUT2D eigenvalue weighted by Crippen LogP contribution is 2.32. The van der Waals surface area contributed by atoms with E-state index < -0.39 is 11.2 Å². The Labute approximate surface area is 230 Å². The number of anilines is 1. The molecule has 0 radical (unpaired) electrons. The van der Waals surface area contributed by atoms with Crippen LogP contribution in [0.25, 0.3) is 16.9 Å². The van der Waals surface area contributed by atoms with Crippen LogP contribution in [-0.4, -0.2) is 49.2 Å². The van der Waals surface area contributed by atoms with Gasteiger partial charge in [-0.1, -0.05) is 47.2 Å². The van der Waals surface area contributed by atoms with Gasteiger partial charge in [0.15, 0.2) is 5.65 Å². The summed E-state index contributed by atoms with van der Waals surface area (Å²) < 4.78 is 13.7. The Kier molecular flexibility index (Phi) is 7.32. The van der Waals surface area contributed by atoms with Crippen LogP contribution < -0.4 is 10.6 Å². The predicted octanol–water partition coefficient (Wildman–Crippen LogP) is 5.32. The molecule has 2 aromatic carbocycles. The molecule has 1 amide bonds. The summed E-state index contributed by atoms with van der Waals surface area (Å²) in [6.45, 7) is 2.79. The highest BCUT2D eigenvalue weighted by Gasteiger charge is 2.25. The molecule has 0 atom stereocenters. The van der Waals surface area contributed by atoms with E-state index in [0.717, 1.165) is 81.8 Å². The van der Waals surface area contributed by atoms with E-state index >= 15 is 0 Å². The standard InChI is InChI=1S/C29H31N5O2S2/c1-19-15-21(7-10-24(19)29(35)32-22-8-9-22)26-18-31-28-25(30-17-20-11-13-38(36)14-12-20)16-27(33-34(26)28)37-23-5-3-2-4-6-23/h2-7,10,15-16,18,20,22,30H,8-9,11-14,17H2,1H3,(H,32,35)/t20-,38+. The van der Waals surface area contributed by atoms with Gasteiger partial charge in [-0.15, -0.1) is 0 Å². The summed E-state index contributed by atoms with van der Waals surface area (Å²) in [6, 6.07) is 18.5. The van der Waals surface area contributed by atoms with Gasteiger partial charge < -0.3 is 15.2 Å². The van der Waals surface area contributed by atoms with Crippen molar-refractivity contribution in [2.24, 2.45) is 5.92 Å². The average molecular weight is 546 g/mol. The zero-order chi connectivity index (χ0) is 26.1. The zero-order valence-corrected chi connectivity index (χ0v) is 23.0. The Hall–Kier alpha value is -3.01. The van der Waals surface area contributed by atoms with E-state index in [0.29, 0.717) is 17.5 Å². The van der Waals surface area contributed by atoms with Crippen LogP contribution in [0, 0.1) is 12.8 Å². The van der Waals surface area contributed by atoms with Gasteiger partial charge in [-0.2, -0.15) is 5.10 Å². The summed E-state index contributed by atoms with van der Waals surface area (Å²) in [5.41, 5.74) is 5.19. The fourth-order valence-corrected chi connectivity index (χ4v) is 7.03. The van der Waals surface area contributed by atoms with Crippen LogP contribution in [0.4, 0.5) is 5.69 Å². The maximum Gasteiger partial charge on any atom is 0.251 e. The minimum absolute atomic E-state index is 0.00704. The molecule has 6 rings (SSSR count). The van der Waals surface area contributed by atoms with E-state index in [1.54, 1.807) is 11.8 Å². The van der Waals surface area contributed by atoms with E-state index in [9.17, 15) is 9.35 Å². The number of fused-ring (bicyclic) bond motifs is 1. The van der Waals surface area contributed by atoms with Crippen molar-refractivity contribution in [3.63, 3.8) is 0 Å². The summed E-state index contributed by atoms with van der Waals surface area (Å²) in [7, 11) is 0. The molecule has 0 unspecified atom stereocenters. The smallest absolute Gasteiger partial charge is 0.251 e. The molecule has 2 N–H and O–H groups in total. The van der Waals surface area contributed by atoms with Crippen LogP contribution >= 0.6 is 11.8 Å². The lowest BCUT2D eigenvalue weighted by atomic mass is 10.0. The average Bonchev–Trinajstić information content (AvgIpc) is 3.63. The fourth-order valence-electron chi connectivity index (χ4n) is 4.80. The van der Waals surface area contributed by atoms with Crippen molar-refractivity contribution in [2.75, 3.05) is 23.4 Å². The number of carbonyl (C=O) groups is 1. The SMILES string of the molecule is Cc1cc(-c2cnc3c(NC[C@H]4CC[S@@+]([O-])CC4)cc(Sc4ccccc4)nn23)ccc1C(=O)NC1CC1. The summed E-state index contributed by atoms with van der Waals surface area (Å²) in [6.07, 6.45) is 5.94. The van der Waals surface area contributed by atoms with Gasteiger partial charge in [-0.05, 0) is 74.4 Å². The Morgan fingerprint density at radius 1 is 1.11 bits per heavy atom. The molecule has 3 heterocycles. The molecule has 1 saturated heterocycles. The number of benzene rings is 2. The molecule has 1 aliphatic heterocycles. The highest BCUT2D eigenvalue weighted by atomic mass is 32.2. The Morgan fingerprint density at radius 3 is 2.63 bits per heavy atom. The first-order chi connectivity index (χ1) is 18.5. The van der Waals surface area contributed by atoms with E-state index in [2.05, 4.69) is 28.8 Å². The summed E-state index contributed by atoms with van der Waals surface area (Å²) in [4.78, 5) is 18.5. The molecule has 9 heteroatoms. The molecule has 38 heavy (non-hydrogen) atoms. The monoisotopic (exact) mass is 545 g/mol. The third-order valence-electron chi connectivity index (χ3n) is 7.18. The Balaban J connectivity index is 1.32. The molecule has 2 aromatic heterocycles. The summed E-state index contributed by atoms with van der Waals surface area (Å²) in [5.74, 6) is 2.06. The van der Waals surface area contributed by atoms with Crippen LogP contribution in [0.2, 0.25) is 0 Å². The first kappa shape index (κ1) is 25.3. The molecular weight excluding hydrogens is 514 g/mol. The molecule has 4 aromatic rings. The number of rotatable bonds is 8. The first-order valence-corrected chi connectivity index (χ1v) is 15.5. The lowest BCUT2D eigenvalue weighted by Crippen LogP contribution is -2.27. The number of aromatic nitrogens is 3. The molecule has 2 aliphatic rings. The van der Waals surface area contributed by atoms with Gasteiger partial charge in [0.05, 0.1) is 17.6 Å². The van der Waals surface area contributed by atoms with Crippen molar-refractivity contribution in [1.29, 1.82) is 0 Å². The second-order valence-electron chi connectivity index (χ2n) is 10.1. The number of hydrogen-bond donors (Lipinski definition) is 2. The van der Waals surface area contributed by atoms with Gasteiger partial charge in [0.2, 0.25) is 0 Å². The third-order valence-corrected chi connectivity index (χ3v) is 9.48. The fraction of sp³-hybridized carbons (Fsp3) is 0.345. The van der Waals surface area contributed by atoms with Crippen LogP contribution in [0.1, 0.15) is 41.6 Å². The van der Waals surface area contributed by atoms with Crippen molar-refractivity contribution in [3.05, 3.63) is 71.9 Å². The van der Waals surface area contributed by atoms with Gasteiger partial charge in [-0.3, -0.25) is 4.79 Å². The summed E-state index contributed by atoms with van der Waals surface area (Å²) >= 11 is 0.949. The molecule has 7 nitrogen and oxygen atoms in total. The molecule has 0 spiro atoms. The van der Waals surface area contributed by atoms with E-state index in [1.807, 2.05) is 54.0 Å². The number of amides is 1. The lowest BCUT2D eigenvalue weighted by Gasteiger charge is -2.24. The van der Waals surface area contributed by atoms with E-state index in [4.69, 9.17) is 10.1 Å². The minimum Gasteiger partial charge on any atom is -0.616 e. The summed E-state index contributed by atoms with van der Waals surface area (Å²) in [5, 5.41) is 12.5. The number of imidazole rings is 1. The van der Waals surface area contributed by atoms with Gasteiger partial charge in [0.1, 0.15) is 16.5 Å². The van der Waals surface area contributed by atoms with Crippen LogP contribution in [-0.2, 0) is 11.2 Å². The van der Waals surface area contributed by atoms with Crippen LogP contribution in [0.15, 0.2) is 70.7 Å². The molecular formula is C29H31N5O2S2. The van der Waals surface area contributed by atoms with Gasteiger partial charge in [0.25, 0.3) is 5.91 Å². The van der Waals surface area contributed by atoms with Gasteiger partial charge in [-0.25, -0.2) is 9.50 Å². The topological polar surface area (TPSA) is 94.4 Å². The molecule has 1 aliphatic carbocycles. The minimum atomic E-state index is -0.665. The Bertz CT molecular complexity index is 1450. The predicted molar refractivity (Wildman–Crippen MR) is 153 cm³/mol. The number of aryl methyl sites for hydroxylation is 1. The zero-order valence-electron chi connectivity index (χ0n) is 21.4. The quantitative estimate of drug-likeness (QED) is 0.291. The molecule has 1 saturated carbocycles. The Morgan fingerprint density at radius 2 is 1.89 bits per heavy atom. The number of carbonyl (C=O) groups excluding carboxylic acids is 1. The second kappa shape index (κ2) is 11.0. The van der Waals surface area contributed by atoms with Gasteiger partial charge in [0, 0.05) is 28.6 Å². The van der Waals surface area contributed by atoms with Crippen molar-refractivity contribution in [3.8, 4) is 11.3 Å². The maximum atomic E-state index is 12.6. The van der Waals surface area contributed by atoms with Crippen molar-refractivity contribution in [1.82, 2.24) is 19.9 Å². The molecule has 196 valence electrons. The van der Waals surface area contributed by atoms with Crippen molar-refractivity contribution < 1.29 is 9.35 Å².